The smallest absolute Gasteiger partial charge is 0.123 e. The normalized spacial score (nSPS) is 21.3. The van der Waals surface area contributed by atoms with E-state index in [1.807, 2.05) is 30.1 Å². The van der Waals surface area contributed by atoms with Crippen molar-refractivity contribution in [2.75, 3.05) is 24.6 Å². The first-order valence-corrected chi connectivity index (χ1v) is 5.88. The predicted octanol–water partition coefficient (Wildman–Crippen LogP) is 1.37. The standard InChI is InChI=1S/C10H15N3S/c11-10-2-1-9(6-13-10)14-7-8-3-4-12-5-8/h1-2,6,8,12H,3-5,7H2,(H2,11,13). The summed E-state index contributed by atoms with van der Waals surface area (Å²) in [4.78, 5) is 5.28. The molecule has 0 aliphatic carbocycles. The highest BCUT2D eigenvalue weighted by Gasteiger charge is 2.14. The highest BCUT2D eigenvalue weighted by Crippen LogP contribution is 2.22. The average molecular weight is 209 g/mol. The Labute approximate surface area is 88.5 Å². The molecular formula is C10H15N3S. The lowest BCUT2D eigenvalue weighted by Crippen LogP contribution is -2.10. The number of nitrogens with two attached hydrogens (primary N) is 1. The molecule has 1 aromatic heterocycles. The molecule has 1 unspecified atom stereocenters. The minimum atomic E-state index is 0.594. The number of aromatic nitrogens is 1. The zero-order chi connectivity index (χ0) is 9.80. The van der Waals surface area contributed by atoms with Crippen LogP contribution in [-0.2, 0) is 0 Å². The molecule has 0 saturated carbocycles. The number of hydrogen-bond donors (Lipinski definition) is 2. The topological polar surface area (TPSA) is 50.9 Å². The number of nitrogens with one attached hydrogen (secondary N) is 1. The number of pyridine rings is 1. The molecule has 0 spiro atoms. The summed E-state index contributed by atoms with van der Waals surface area (Å²) >= 11 is 1.87. The number of nitrogens with zero attached hydrogens (tertiary/aromatic N) is 1. The van der Waals surface area contributed by atoms with E-state index in [4.69, 9.17) is 5.73 Å². The quantitative estimate of drug-likeness (QED) is 0.738. The molecule has 2 rings (SSSR count). The average Bonchev–Trinajstić information content (AvgIpc) is 2.70. The largest absolute Gasteiger partial charge is 0.384 e. The Bertz CT molecular complexity index is 280. The maximum Gasteiger partial charge on any atom is 0.123 e. The molecule has 0 radical (unpaired) electrons. The van der Waals surface area contributed by atoms with Gasteiger partial charge in [-0.1, -0.05) is 0 Å². The third kappa shape index (κ3) is 2.62. The monoisotopic (exact) mass is 209 g/mol. The van der Waals surface area contributed by atoms with Crippen LogP contribution in [-0.4, -0.2) is 23.8 Å². The van der Waals surface area contributed by atoms with Gasteiger partial charge in [-0.25, -0.2) is 4.98 Å². The molecule has 1 aliphatic rings. The van der Waals surface area contributed by atoms with Gasteiger partial charge in [0.25, 0.3) is 0 Å². The van der Waals surface area contributed by atoms with Crippen LogP contribution in [0.25, 0.3) is 0 Å². The lowest BCUT2D eigenvalue weighted by atomic mass is 10.2. The summed E-state index contributed by atoms with van der Waals surface area (Å²) in [7, 11) is 0. The van der Waals surface area contributed by atoms with Crippen molar-refractivity contribution in [3.05, 3.63) is 18.3 Å². The summed E-state index contributed by atoms with van der Waals surface area (Å²) in [5, 5.41) is 3.37. The fourth-order valence-electron chi connectivity index (χ4n) is 1.55. The number of hydrogen-bond acceptors (Lipinski definition) is 4. The van der Waals surface area contributed by atoms with E-state index in [-0.39, 0.29) is 0 Å². The number of nitrogen functional groups attached to an aromatic ring is 1. The first-order valence-electron chi connectivity index (χ1n) is 4.89. The van der Waals surface area contributed by atoms with Crippen LogP contribution in [0, 0.1) is 5.92 Å². The molecule has 2 heterocycles. The Morgan fingerprint density at radius 3 is 3.14 bits per heavy atom. The zero-order valence-electron chi connectivity index (χ0n) is 8.07. The van der Waals surface area contributed by atoms with Crippen LogP contribution in [0.2, 0.25) is 0 Å². The lowest BCUT2D eigenvalue weighted by Gasteiger charge is -2.06. The molecule has 76 valence electrons. The van der Waals surface area contributed by atoms with Crippen LogP contribution in [0.3, 0.4) is 0 Å². The fraction of sp³-hybridized carbons (Fsp3) is 0.500. The fourth-order valence-corrected chi connectivity index (χ4v) is 2.55. The molecule has 1 saturated heterocycles. The summed E-state index contributed by atoms with van der Waals surface area (Å²) in [6.45, 7) is 2.33. The van der Waals surface area contributed by atoms with E-state index in [0.29, 0.717) is 5.82 Å². The Balaban J connectivity index is 1.82. The summed E-state index contributed by atoms with van der Waals surface area (Å²) in [6.07, 6.45) is 3.15. The molecule has 14 heavy (non-hydrogen) atoms. The van der Waals surface area contributed by atoms with Crippen molar-refractivity contribution in [3.8, 4) is 0 Å². The van der Waals surface area contributed by atoms with Crippen LogP contribution in [0.4, 0.5) is 5.82 Å². The van der Waals surface area contributed by atoms with Gasteiger partial charge in [-0.2, -0.15) is 0 Å². The zero-order valence-corrected chi connectivity index (χ0v) is 8.89. The van der Waals surface area contributed by atoms with E-state index in [1.165, 1.54) is 23.6 Å². The van der Waals surface area contributed by atoms with E-state index in [2.05, 4.69) is 10.3 Å². The van der Waals surface area contributed by atoms with Gasteiger partial charge in [0.15, 0.2) is 0 Å². The van der Waals surface area contributed by atoms with Crippen LogP contribution >= 0.6 is 11.8 Å². The summed E-state index contributed by atoms with van der Waals surface area (Å²) in [5.41, 5.74) is 5.51. The number of rotatable bonds is 3. The van der Waals surface area contributed by atoms with Crippen LogP contribution in [0.5, 0.6) is 0 Å². The van der Waals surface area contributed by atoms with Gasteiger partial charge in [0.05, 0.1) is 0 Å². The van der Waals surface area contributed by atoms with E-state index >= 15 is 0 Å². The first kappa shape index (κ1) is 9.80. The van der Waals surface area contributed by atoms with Gasteiger partial charge in [0.1, 0.15) is 5.82 Å². The van der Waals surface area contributed by atoms with Gasteiger partial charge in [-0.3, -0.25) is 0 Å². The predicted molar refractivity (Wildman–Crippen MR) is 60.4 cm³/mol. The van der Waals surface area contributed by atoms with Gasteiger partial charge >= 0.3 is 0 Å². The second-order valence-electron chi connectivity index (χ2n) is 3.59. The Morgan fingerprint density at radius 1 is 1.57 bits per heavy atom. The van der Waals surface area contributed by atoms with Crippen molar-refractivity contribution in [3.63, 3.8) is 0 Å². The third-order valence-electron chi connectivity index (χ3n) is 2.41. The molecule has 1 aliphatic heterocycles. The molecular weight excluding hydrogens is 194 g/mol. The molecule has 4 heteroatoms. The molecule has 1 atom stereocenters. The molecule has 3 N–H and O–H groups in total. The SMILES string of the molecule is Nc1ccc(SCC2CCNC2)cn1. The minimum absolute atomic E-state index is 0.594. The van der Waals surface area contributed by atoms with Crippen LogP contribution in [0.1, 0.15) is 6.42 Å². The first-order chi connectivity index (χ1) is 6.84. The summed E-state index contributed by atoms with van der Waals surface area (Å²) < 4.78 is 0. The van der Waals surface area contributed by atoms with E-state index in [1.54, 1.807) is 0 Å². The van der Waals surface area contributed by atoms with Gasteiger partial charge in [0, 0.05) is 16.8 Å². The second-order valence-corrected chi connectivity index (χ2v) is 4.68. The molecule has 0 bridgehead atoms. The van der Waals surface area contributed by atoms with Crippen molar-refractivity contribution in [2.24, 2.45) is 5.92 Å². The Hall–Kier alpha value is -0.740. The highest BCUT2D eigenvalue weighted by atomic mass is 32.2. The van der Waals surface area contributed by atoms with Crippen molar-refractivity contribution >= 4 is 17.6 Å². The van der Waals surface area contributed by atoms with Gasteiger partial charge in [-0.15, -0.1) is 11.8 Å². The van der Waals surface area contributed by atoms with Crippen LogP contribution in [0.15, 0.2) is 23.2 Å². The van der Waals surface area contributed by atoms with Gasteiger partial charge in [-0.05, 0) is 37.6 Å². The summed E-state index contributed by atoms with van der Waals surface area (Å²) in [6, 6.07) is 3.89. The highest BCUT2D eigenvalue weighted by molar-refractivity contribution is 7.99. The van der Waals surface area contributed by atoms with Gasteiger partial charge in [0.2, 0.25) is 0 Å². The maximum absolute atomic E-state index is 5.51. The van der Waals surface area contributed by atoms with Crippen LogP contribution < -0.4 is 11.1 Å². The van der Waals surface area contributed by atoms with Crippen molar-refractivity contribution < 1.29 is 0 Å². The maximum atomic E-state index is 5.51. The minimum Gasteiger partial charge on any atom is -0.384 e. The van der Waals surface area contributed by atoms with Crippen molar-refractivity contribution in [2.45, 2.75) is 11.3 Å². The molecule has 3 nitrogen and oxygen atoms in total. The summed E-state index contributed by atoms with van der Waals surface area (Å²) in [5.74, 6) is 2.59. The van der Waals surface area contributed by atoms with Crippen molar-refractivity contribution in [1.29, 1.82) is 0 Å². The molecule has 0 aromatic carbocycles. The lowest BCUT2D eigenvalue weighted by molar-refractivity contribution is 0.662. The third-order valence-corrected chi connectivity index (χ3v) is 3.62. The number of anilines is 1. The number of thioether (sulfide) groups is 1. The Kier molecular flexibility index (Phi) is 3.26. The molecule has 0 amide bonds. The molecule has 1 fully saturated rings. The Morgan fingerprint density at radius 2 is 2.50 bits per heavy atom. The van der Waals surface area contributed by atoms with E-state index in [0.717, 1.165) is 12.5 Å². The van der Waals surface area contributed by atoms with Crippen molar-refractivity contribution in [1.82, 2.24) is 10.3 Å². The van der Waals surface area contributed by atoms with E-state index in [9.17, 15) is 0 Å². The van der Waals surface area contributed by atoms with E-state index < -0.39 is 0 Å². The second kappa shape index (κ2) is 4.66. The van der Waals surface area contributed by atoms with Gasteiger partial charge < -0.3 is 11.1 Å². The molecule has 1 aromatic rings.